The molecule has 4 aromatic rings. The van der Waals surface area contributed by atoms with E-state index in [2.05, 4.69) is 5.32 Å². The van der Waals surface area contributed by atoms with Gasteiger partial charge in [0, 0.05) is 21.1 Å². The smallest absolute Gasteiger partial charge is 0.291 e. The van der Waals surface area contributed by atoms with Crippen LogP contribution in [0.4, 0.5) is 5.69 Å². The van der Waals surface area contributed by atoms with E-state index in [1.54, 1.807) is 60.7 Å². The first-order valence-electron chi connectivity index (χ1n) is 8.11. The Labute approximate surface area is 165 Å². The molecule has 0 saturated carbocycles. The van der Waals surface area contributed by atoms with Gasteiger partial charge in [-0.1, -0.05) is 29.3 Å². The van der Waals surface area contributed by atoms with E-state index in [4.69, 9.17) is 32.4 Å². The molecule has 1 N–H and O–H groups in total. The number of furan rings is 1. The van der Waals surface area contributed by atoms with E-state index in [1.807, 2.05) is 12.1 Å². The Morgan fingerprint density at radius 2 is 1.63 bits per heavy atom. The first-order chi connectivity index (χ1) is 13.1. The van der Waals surface area contributed by atoms with Crippen LogP contribution in [0.25, 0.3) is 11.0 Å². The molecule has 0 aliphatic carbocycles. The highest BCUT2D eigenvalue weighted by molar-refractivity contribution is 6.31. The van der Waals surface area contributed by atoms with E-state index in [0.717, 1.165) is 5.39 Å². The summed E-state index contributed by atoms with van der Waals surface area (Å²) in [6.07, 6.45) is 0. The van der Waals surface area contributed by atoms with Crippen molar-refractivity contribution in [2.45, 2.75) is 0 Å². The maximum Gasteiger partial charge on any atom is 0.291 e. The molecule has 0 bridgehead atoms. The summed E-state index contributed by atoms with van der Waals surface area (Å²) < 4.78 is 11.3. The second-order valence-corrected chi connectivity index (χ2v) is 6.70. The Hall–Kier alpha value is -2.95. The van der Waals surface area contributed by atoms with Crippen molar-refractivity contribution >= 4 is 45.8 Å². The van der Waals surface area contributed by atoms with Crippen LogP contribution in [0.3, 0.4) is 0 Å². The second-order valence-electron chi connectivity index (χ2n) is 5.83. The van der Waals surface area contributed by atoms with Crippen molar-refractivity contribution in [3.05, 3.63) is 88.6 Å². The Kier molecular flexibility index (Phi) is 4.75. The van der Waals surface area contributed by atoms with Gasteiger partial charge < -0.3 is 14.5 Å². The van der Waals surface area contributed by atoms with Crippen molar-refractivity contribution in [3.63, 3.8) is 0 Å². The molecule has 0 radical (unpaired) electrons. The summed E-state index contributed by atoms with van der Waals surface area (Å²) in [5.74, 6) is 1.14. The van der Waals surface area contributed by atoms with Gasteiger partial charge in [0.15, 0.2) is 5.76 Å². The zero-order valence-electron chi connectivity index (χ0n) is 13.9. The van der Waals surface area contributed by atoms with Gasteiger partial charge in [-0.2, -0.15) is 0 Å². The van der Waals surface area contributed by atoms with E-state index in [9.17, 15) is 4.79 Å². The van der Waals surface area contributed by atoms with Crippen LogP contribution in [0.5, 0.6) is 11.5 Å². The van der Waals surface area contributed by atoms with Gasteiger partial charge in [0.25, 0.3) is 5.91 Å². The van der Waals surface area contributed by atoms with Crippen LogP contribution < -0.4 is 10.1 Å². The third kappa shape index (κ3) is 4.08. The second kappa shape index (κ2) is 7.35. The third-order valence-corrected chi connectivity index (χ3v) is 4.32. The maximum atomic E-state index is 12.4. The molecule has 134 valence electrons. The third-order valence-electron chi connectivity index (χ3n) is 3.85. The minimum Gasteiger partial charge on any atom is -0.457 e. The fourth-order valence-electron chi connectivity index (χ4n) is 2.59. The first-order valence-corrected chi connectivity index (χ1v) is 8.86. The summed E-state index contributed by atoms with van der Waals surface area (Å²) in [5, 5.41) is 4.76. The monoisotopic (exact) mass is 397 g/mol. The number of anilines is 1. The molecule has 0 unspecified atom stereocenters. The molecule has 1 aromatic heterocycles. The van der Waals surface area contributed by atoms with E-state index < -0.39 is 0 Å². The molecule has 0 spiro atoms. The minimum absolute atomic E-state index is 0.214. The van der Waals surface area contributed by atoms with Gasteiger partial charge in [-0.05, 0) is 66.7 Å². The molecule has 0 fully saturated rings. The normalized spacial score (nSPS) is 10.7. The van der Waals surface area contributed by atoms with E-state index in [0.29, 0.717) is 32.8 Å². The van der Waals surface area contributed by atoms with Gasteiger partial charge >= 0.3 is 0 Å². The number of carbonyl (C=O) groups is 1. The molecule has 0 atom stereocenters. The lowest BCUT2D eigenvalue weighted by Crippen LogP contribution is -2.10. The fraction of sp³-hybridized carbons (Fsp3) is 0. The van der Waals surface area contributed by atoms with Crippen molar-refractivity contribution in [2.75, 3.05) is 5.32 Å². The maximum absolute atomic E-state index is 12.4. The number of fused-ring (bicyclic) bond motifs is 1. The summed E-state index contributed by atoms with van der Waals surface area (Å²) in [6.45, 7) is 0. The summed E-state index contributed by atoms with van der Waals surface area (Å²) in [7, 11) is 0. The van der Waals surface area contributed by atoms with E-state index in [-0.39, 0.29) is 11.7 Å². The predicted molar refractivity (Wildman–Crippen MR) is 107 cm³/mol. The van der Waals surface area contributed by atoms with Crippen molar-refractivity contribution in [3.8, 4) is 11.5 Å². The lowest BCUT2D eigenvalue weighted by Gasteiger charge is -2.07. The summed E-state index contributed by atoms with van der Waals surface area (Å²) in [4.78, 5) is 12.4. The van der Waals surface area contributed by atoms with E-state index in [1.165, 1.54) is 0 Å². The van der Waals surface area contributed by atoms with Crippen molar-refractivity contribution < 1.29 is 13.9 Å². The molecule has 0 aliphatic heterocycles. The van der Waals surface area contributed by atoms with Gasteiger partial charge in [-0.15, -0.1) is 0 Å². The molecule has 27 heavy (non-hydrogen) atoms. The number of halogens is 2. The van der Waals surface area contributed by atoms with Crippen molar-refractivity contribution in [1.82, 2.24) is 0 Å². The Morgan fingerprint density at radius 1 is 0.852 bits per heavy atom. The molecule has 3 aromatic carbocycles. The van der Waals surface area contributed by atoms with Crippen molar-refractivity contribution in [2.24, 2.45) is 0 Å². The average Bonchev–Trinajstić information content (AvgIpc) is 3.07. The highest BCUT2D eigenvalue weighted by Gasteiger charge is 2.13. The van der Waals surface area contributed by atoms with Gasteiger partial charge in [0.1, 0.15) is 17.1 Å². The number of benzene rings is 3. The molecule has 1 amide bonds. The SMILES string of the molecule is O=C(Nc1ccc(Oc2cccc(Cl)c2)cc1)c1cc2cc(Cl)ccc2o1. The lowest BCUT2D eigenvalue weighted by molar-refractivity contribution is 0.0998. The van der Waals surface area contributed by atoms with Gasteiger partial charge in [0.2, 0.25) is 0 Å². The largest absolute Gasteiger partial charge is 0.457 e. The Morgan fingerprint density at radius 3 is 2.41 bits per heavy atom. The zero-order chi connectivity index (χ0) is 18.8. The molecule has 6 heteroatoms. The van der Waals surface area contributed by atoms with Gasteiger partial charge in [-0.3, -0.25) is 4.79 Å². The fourth-order valence-corrected chi connectivity index (χ4v) is 2.95. The number of hydrogen-bond acceptors (Lipinski definition) is 3. The molecule has 0 saturated heterocycles. The quantitative estimate of drug-likeness (QED) is 0.412. The average molecular weight is 398 g/mol. The van der Waals surface area contributed by atoms with E-state index >= 15 is 0 Å². The van der Waals surface area contributed by atoms with Crippen LogP contribution in [0, 0.1) is 0 Å². The number of ether oxygens (including phenoxy) is 1. The van der Waals surface area contributed by atoms with Crippen LogP contribution in [0.1, 0.15) is 10.6 Å². The Bertz CT molecular complexity index is 1120. The number of nitrogens with one attached hydrogen (secondary N) is 1. The Balaban J connectivity index is 1.46. The minimum atomic E-state index is -0.342. The summed E-state index contributed by atoms with van der Waals surface area (Å²) >= 11 is 11.9. The van der Waals surface area contributed by atoms with Crippen LogP contribution in [-0.4, -0.2) is 5.91 Å². The van der Waals surface area contributed by atoms with Gasteiger partial charge in [-0.25, -0.2) is 0 Å². The molecular formula is C21H13Cl2NO3. The van der Waals surface area contributed by atoms with Crippen LogP contribution >= 0.6 is 23.2 Å². The van der Waals surface area contributed by atoms with Gasteiger partial charge in [0.05, 0.1) is 0 Å². The first kappa shape index (κ1) is 17.5. The highest BCUT2D eigenvalue weighted by Crippen LogP contribution is 2.26. The summed E-state index contributed by atoms with van der Waals surface area (Å²) in [5.41, 5.74) is 1.23. The lowest BCUT2D eigenvalue weighted by atomic mass is 10.2. The standard InChI is InChI=1S/C21H13Cl2NO3/c22-14-2-1-3-18(12-14)26-17-7-5-16(6-8-17)24-21(25)20-11-13-10-15(23)4-9-19(13)27-20/h1-12H,(H,24,25). The molecule has 4 nitrogen and oxygen atoms in total. The van der Waals surface area contributed by atoms with Crippen molar-refractivity contribution in [1.29, 1.82) is 0 Å². The molecular weight excluding hydrogens is 385 g/mol. The molecule has 1 heterocycles. The predicted octanol–water partition coefficient (Wildman–Crippen LogP) is 6.78. The zero-order valence-corrected chi connectivity index (χ0v) is 15.4. The highest BCUT2D eigenvalue weighted by atomic mass is 35.5. The molecule has 0 aliphatic rings. The van der Waals surface area contributed by atoms with Crippen LogP contribution in [0.2, 0.25) is 10.0 Å². The van der Waals surface area contributed by atoms with Crippen LogP contribution in [0.15, 0.2) is 77.2 Å². The number of amides is 1. The van der Waals surface area contributed by atoms with Crippen LogP contribution in [-0.2, 0) is 0 Å². The number of carbonyl (C=O) groups excluding carboxylic acids is 1. The topological polar surface area (TPSA) is 51.5 Å². The number of rotatable bonds is 4. The summed E-state index contributed by atoms with van der Waals surface area (Å²) in [6, 6.07) is 21.0. The molecule has 4 rings (SSSR count). The number of hydrogen-bond donors (Lipinski definition) is 1.